The van der Waals surface area contributed by atoms with Crippen LogP contribution in [0.3, 0.4) is 0 Å². The average Bonchev–Trinajstić information content (AvgIpc) is 2.84. The minimum Gasteiger partial charge on any atom is -0.497 e. The first-order valence-corrected chi connectivity index (χ1v) is 12.3. The summed E-state index contributed by atoms with van der Waals surface area (Å²) < 4.78 is 43.9. The number of piperidine rings is 1. The van der Waals surface area contributed by atoms with Crippen molar-refractivity contribution in [2.75, 3.05) is 37.9 Å². The maximum absolute atomic E-state index is 13.3. The monoisotopic (exact) mass is 489 g/mol. The van der Waals surface area contributed by atoms with E-state index in [4.69, 9.17) is 14.2 Å². The van der Waals surface area contributed by atoms with Crippen LogP contribution in [0.1, 0.15) is 19.8 Å². The highest BCUT2D eigenvalue weighted by Gasteiger charge is 2.34. The predicted octanol–water partition coefficient (Wildman–Crippen LogP) is 2.46. The van der Waals surface area contributed by atoms with Crippen LogP contribution in [-0.2, 0) is 19.6 Å². The molecule has 2 unspecified atom stereocenters. The molecule has 0 spiro atoms. The first-order chi connectivity index (χ1) is 16.2. The number of fused-ring (bicyclic) bond motifs is 1. The number of nitrogens with zero attached hydrogens (tertiary/aromatic N) is 1. The molecular weight excluding hydrogens is 462 g/mol. The molecule has 10 nitrogen and oxygen atoms in total. The molecular formula is C23H27N3O7S. The molecule has 0 aromatic heterocycles. The minimum absolute atomic E-state index is 0.0308. The summed E-state index contributed by atoms with van der Waals surface area (Å²) in [5, 5.41) is 5.50. The summed E-state index contributed by atoms with van der Waals surface area (Å²) in [5.74, 6) is 0.319. The summed E-state index contributed by atoms with van der Waals surface area (Å²) in [7, 11) is -0.847. The minimum atomic E-state index is -3.88. The Kier molecular flexibility index (Phi) is 6.67. The van der Waals surface area contributed by atoms with Crippen molar-refractivity contribution in [3.8, 4) is 17.2 Å². The number of amides is 2. The maximum atomic E-state index is 13.3. The van der Waals surface area contributed by atoms with Gasteiger partial charge in [-0.15, -0.1) is 0 Å². The van der Waals surface area contributed by atoms with Gasteiger partial charge >= 0.3 is 0 Å². The van der Waals surface area contributed by atoms with E-state index in [2.05, 4.69) is 10.6 Å². The van der Waals surface area contributed by atoms with Crippen molar-refractivity contribution in [2.24, 2.45) is 5.92 Å². The van der Waals surface area contributed by atoms with Gasteiger partial charge in [-0.2, -0.15) is 4.31 Å². The van der Waals surface area contributed by atoms with Crippen LogP contribution in [0.15, 0.2) is 41.3 Å². The fourth-order valence-corrected chi connectivity index (χ4v) is 5.55. The van der Waals surface area contributed by atoms with E-state index in [1.54, 1.807) is 25.1 Å². The van der Waals surface area contributed by atoms with Crippen molar-refractivity contribution in [1.82, 2.24) is 4.31 Å². The molecule has 4 rings (SSSR count). The molecule has 182 valence electrons. The Balaban J connectivity index is 1.50. The van der Waals surface area contributed by atoms with Crippen molar-refractivity contribution in [2.45, 2.75) is 30.8 Å². The topological polar surface area (TPSA) is 123 Å². The van der Waals surface area contributed by atoms with Gasteiger partial charge in [0.2, 0.25) is 15.9 Å². The fourth-order valence-electron chi connectivity index (χ4n) is 4.00. The second kappa shape index (κ2) is 9.51. The Morgan fingerprint density at radius 2 is 1.85 bits per heavy atom. The van der Waals surface area contributed by atoms with E-state index >= 15 is 0 Å². The van der Waals surface area contributed by atoms with Crippen molar-refractivity contribution in [3.63, 3.8) is 0 Å². The molecule has 0 saturated carbocycles. The largest absolute Gasteiger partial charge is 0.497 e. The normalized spacial score (nSPS) is 20.5. The third-order valence-electron chi connectivity index (χ3n) is 5.89. The van der Waals surface area contributed by atoms with Crippen LogP contribution in [0.2, 0.25) is 0 Å². The van der Waals surface area contributed by atoms with E-state index in [0.717, 1.165) is 0 Å². The summed E-state index contributed by atoms with van der Waals surface area (Å²) in [6.07, 6.45) is 0.451. The lowest BCUT2D eigenvalue weighted by Crippen LogP contribution is -2.43. The van der Waals surface area contributed by atoms with Crippen LogP contribution in [0.5, 0.6) is 17.2 Å². The molecule has 2 aromatic rings. The highest BCUT2D eigenvalue weighted by atomic mass is 32.2. The van der Waals surface area contributed by atoms with Crippen LogP contribution in [0, 0.1) is 5.92 Å². The second-order valence-corrected chi connectivity index (χ2v) is 10.1. The van der Waals surface area contributed by atoms with Gasteiger partial charge in [-0.3, -0.25) is 9.59 Å². The third kappa shape index (κ3) is 4.80. The van der Waals surface area contributed by atoms with Gasteiger partial charge in [-0.25, -0.2) is 8.42 Å². The average molecular weight is 490 g/mol. The molecule has 0 radical (unpaired) electrons. The zero-order valence-electron chi connectivity index (χ0n) is 19.2. The zero-order chi connectivity index (χ0) is 24.5. The van der Waals surface area contributed by atoms with E-state index in [0.29, 0.717) is 48.0 Å². The summed E-state index contributed by atoms with van der Waals surface area (Å²) >= 11 is 0. The number of carbonyl (C=O) groups is 2. The number of benzene rings is 2. The summed E-state index contributed by atoms with van der Waals surface area (Å²) in [6, 6.07) is 9.40. The molecule has 34 heavy (non-hydrogen) atoms. The highest BCUT2D eigenvalue weighted by Crippen LogP contribution is 2.34. The fraction of sp³-hybridized carbons (Fsp3) is 0.391. The lowest BCUT2D eigenvalue weighted by Gasteiger charge is -2.31. The predicted molar refractivity (Wildman–Crippen MR) is 125 cm³/mol. The molecule has 1 saturated heterocycles. The van der Waals surface area contributed by atoms with Crippen LogP contribution < -0.4 is 24.8 Å². The van der Waals surface area contributed by atoms with E-state index in [1.165, 1.54) is 36.7 Å². The van der Waals surface area contributed by atoms with Crippen LogP contribution >= 0.6 is 0 Å². The van der Waals surface area contributed by atoms with Crippen LogP contribution in [0.4, 0.5) is 11.4 Å². The summed E-state index contributed by atoms with van der Waals surface area (Å²) in [4.78, 5) is 24.9. The van der Waals surface area contributed by atoms with Gasteiger partial charge in [0, 0.05) is 37.0 Å². The molecule has 2 aliphatic heterocycles. The first-order valence-electron chi connectivity index (χ1n) is 10.9. The van der Waals surface area contributed by atoms with Crippen molar-refractivity contribution in [1.29, 1.82) is 0 Å². The number of hydrogen-bond donors (Lipinski definition) is 2. The molecule has 2 N–H and O–H groups in total. The first kappa shape index (κ1) is 23.8. The van der Waals surface area contributed by atoms with Gasteiger partial charge < -0.3 is 24.8 Å². The standard InChI is InChI=1S/C23H27N3O7S/c1-14-22(27)25-20-12-19(6-7-21(20)33-14)34(29,30)26-8-4-5-15(13-26)23(28)24-16-9-17(31-2)11-18(10-16)32-3/h6-7,9-12,14-15H,4-5,8,13H2,1-3H3,(H,24,28)(H,25,27). The quantitative estimate of drug-likeness (QED) is 0.639. The van der Waals surface area contributed by atoms with Gasteiger partial charge in [0.15, 0.2) is 6.10 Å². The molecule has 1 fully saturated rings. The van der Waals surface area contributed by atoms with E-state index in [-0.39, 0.29) is 23.3 Å². The molecule has 2 aliphatic rings. The SMILES string of the molecule is COc1cc(NC(=O)C2CCCN(S(=O)(=O)c3ccc4c(c3)NC(=O)C(C)O4)C2)cc(OC)c1. The van der Waals surface area contributed by atoms with Gasteiger partial charge in [-0.1, -0.05) is 0 Å². The van der Waals surface area contributed by atoms with Gasteiger partial charge in [0.1, 0.15) is 17.2 Å². The lowest BCUT2D eigenvalue weighted by molar-refractivity contribution is -0.123. The molecule has 2 aromatic carbocycles. The van der Waals surface area contributed by atoms with E-state index < -0.39 is 22.0 Å². The van der Waals surface area contributed by atoms with E-state index in [9.17, 15) is 18.0 Å². The van der Waals surface area contributed by atoms with Gasteiger partial charge in [0.05, 0.1) is 30.7 Å². The van der Waals surface area contributed by atoms with Crippen molar-refractivity contribution in [3.05, 3.63) is 36.4 Å². The zero-order valence-corrected chi connectivity index (χ0v) is 20.0. The second-order valence-electron chi connectivity index (χ2n) is 8.20. The Morgan fingerprint density at radius 1 is 1.15 bits per heavy atom. The molecule has 2 amide bonds. The van der Waals surface area contributed by atoms with Gasteiger partial charge in [-0.05, 0) is 38.0 Å². The Labute approximate surface area is 198 Å². The number of methoxy groups -OCH3 is 2. The number of carbonyl (C=O) groups excluding carboxylic acids is 2. The number of sulfonamides is 1. The molecule has 2 atom stereocenters. The smallest absolute Gasteiger partial charge is 0.265 e. The lowest BCUT2D eigenvalue weighted by atomic mass is 9.98. The van der Waals surface area contributed by atoms with Crippen molar-refractivity contribution >= 4 is 33.2 Å². The van der Waals surface area contributed by atoms with Gasteiger partial charge in [0.25, 0.3) is 5.91 Å². The summed E-state index contributed by atoms with van der Waals surface area (Å²) in [5.41, 5.74) is 0.809. The highest BCUT2D eigenvalue weighted by molar-refractivity contribution is 7.89. The molecule has 11 heteroatoms. The summed E-state index contributed by atoms with van der Waals surface area (Å²) in [6.45, 7) is 1.96. The molecule has 0 aliphatic carbocycles. The Bertz CT molecular complexity index is 1190. The number of ether oxygens (including phenoxy) is 3. The molecule has 0 bridgehead atoms. The van der Waals surface area contributed by atoms with E-state index in [1.807, 2.05) is 0 Å². The third-order valence-corrected chi connectivity index (χ3v) is 7.75. The number of nitrogens with one attached hydrogen (secondary N) is 2. The number of anilines is 2. The van der Waals surface area contributed by atoms with Crippen molar-refractivity contribution < 1.29 is 32.2 Å². The Hall–Kier alpha value is -3.31. The van der Waals surface area contributed by atoms with Crippen LogP contribution in [-0.4, -0.2) is 58.0 Å². The number of hydrogen-bond acceptors (Lipinski definition) is 7. The maximum Gasteiger partial charge on any atom is 0.265 e. The van der Waals surface area contributed by atoms with Crippen LogP contribution in [0.25, 0.3) is 0 Å². The Morgan fingerprint density at radius 3 is 2.53 bits per heavy atom. The molecule has 2 heterocycles. The number of rotatable bonds is 6.